The fourth-order valence-electron chi connectivity index (χ4n) is 4.31. The van der Waals surface area contributed by atoms with E-state index in [4.69, 9.17) is 0 Å². The number of likely N-dealkylation sites (tertiary alicyclic amines) is 2. The predicted octanol–water partition coefficient (Wildman–Crippen LogP) is 2.48. The summed E-state index contributed by atoms with van der Waals surface area (Å²) in [5, 5.41) is 13.0. The van der Waals surface area contributed by atoms with Crippen molar-refractivity contribution in [3.8, 4) is 0 Å². The molecule has 27 heavy (non-hydrogen) atoms. The molecule has 0 saturated carbocycles. The van der Waals surface area contributed by atoms with Gasteiger partial charge in [0, 0.05) is 30.9 Å². The lowest BCUT2D eigenvalue weighted by atomic mass is 9.97. The molecular formula is C21H31N3O3. The zero-order valence-corrected chi connectivity index (χ0v) is 16.4. The molecule has 2 N–H and O–H groups in total. The monoisotopic (exact) mass is 373 g/mol. The van der Waals surface area contributed by atoms with Gasteiger partial charge in [0.25, 0.3) is 5.91 Å². The molecule has 0 radical (unpaired) electrons. The summed E-state index contributed by atoms with van der Waals surface area (Å²) in [6.45, 7) is 5.42. The molecule has 1 aromatic rings. The predicted molar refractivity (Wildman–Crippen MR) is 106 cm³/mol. The lowest BCUT2D eigenvalue weighted by Gasteiger charge is -2.39. The Kier molecular flexibility index (Phi) is 6.37. The van der Waals surface area contributed by atoms with E-state index in [1.165, 1.54) is 6.42 Å². The number of hydrogen-bond donors (Lipinski definition) is 2. The number of β-amino-alcohol motifs (C(OH)–C–C–N with tert-alkyl or cyclic N) is 1. The van der Waals surface area contributed by atoms with Gasteiger partial charge in [0.15, 0.2) is 0 Å². The van der Waals surface area contributed by atoms with Crippen molar-refractivity contribution < 1.29 is 14.7 Å². The summed E-state index contributed by atoms with van der Waals surface area (Å²) >= 11 is 0. The van der Waals surface area contributed by atoms with E-state index in [2.05, 4.69) is 19.2 Å². The molecule has 2 aliphatic heterocycles. The standard InChI is InChI=1S/C21H31N3O3/c1-15-7-5-8-16(2)24(15)20(26)13-22-19-11-4-3-10-18(19)21(27)23-12-6-9-17(25)14-23/h3-4,10-11,15-17,22,25H,5-9,12-14H2,1-2H3. The molecule has 1 aromatic carbocycles. The number of piperidine rings is 2. The normalized spacial score (nSPS) is 26.0. The largest absolute Gasteiger partial charge is 0.391 e. The van der Waals surface area contributed by atoms with Crippen molar-refractivity contribution >= 4 is 17.5 Å². The van der Waals surface area contributed by atoms with E-state index in [-0.39, 0.29) is 30.4 Å². The summed E-state index contributed by atoms with van der Waals surface area (Å²) in [7, 11) is 0. The van der Waals surface area contributed by atoms with Crippen LogP contribution in [0.5, 0.6) is 0 Å². The van der Waals surface area contributed by atoms with Gasteiger partial charge in [-0.1, -0.05) is 12.1 Å². The number of carbonyl (C=O) groups is 2. The molecular weight excluding hydrogens is 342 g/mol. The maximum absolute atomic E-state index is 12.9. The average Bonchev–Trinajstić information content (AvgIpc) is 2.66. The minimum absolute atomic E-state index is 0.0744. The summed E-state index contributed by atoms with van der Waals surface area (Å²) in [5.41, 5.74) is 1.23. The fourth-order valence-corrected chi connectivity index (χ4v) is 4.31. The molecule has 0 aromatic heterocycles. The van der Waals surface area contributed by atoms with Crippen molar-refractivity contribution in [2.45, 2.75) is 64.1 Å². The first-order valence-corrected chi connectivity index (χ1v) is 10.1. The Bertz CT molecular complexity index is 668. The summed E-state index contributed by atoms with van der Waals surface area (Å²) in [6.07, 6.45) is 4.35. The van der Waals surface area contributed by atoms with Gasteiger partial charge in [0.05, 0.1) is 18.2 Å². The van der Waals surface area contributed by atoms with Gasteiger partial charge in [-0.15, -0.1) is 0 Å². The lowest BCUT2D eigenvalue weighted by Crippen LogP contribution is -2.49. The van der Waals surface area contributed by atoms with Crippen LogP contribution in [0.4, 0.5) is 5.69 Å². The second-order valence-electron chi connectivity index (χ2n) is 7.88. The highest BCUT2D eigenvalue weighted by molar-refractivity contribution is 6.00. The van der Waals surface area contributed by atoms with E-state index in [0.717, 1.165) is 25.7 Å². The maximum Gasteiger partial charge on any atom is 0.256 e. The lowest BCUT2D eigenvalue weighted by molar-refractivity contribution is -0.135. The molecule has 6 nitrogen and oxygen atoms in total. The number of benzene rings is 1. The van der Waals surface area contributed by atoms with Gasteiger partial charge in [-0.25, -0.2) is 0 Å². The van der Waals surface area contributed by atoms with Crippen LogP contribution in [0, 0.1) is 0 Å². The molecule has 2 aliphatic rings. The maximum atomic E-state index is 12.9. The number of nitrogens with zero attached hydrogens (tertiary/aromatic N) is 2. The fraction of sp³-hybridized carbons (Fsp3) is 0.619. The molecule has 6 heteroatoms. The summed E-state index contributed by atoms with van der Waals surface area (Å²) in [4.78, 5) is 29.3. The first kappa shape index (κ1) is 19.7. The van der Waals surface area contributed by atoms with Gasteiger partial charge in [-0.3, -0.25) is 9.59 Å². The minimum atomic E-state index is -0.452. The summed E-state index contributed by atoms with van der Waals surface area (Å²) in [5.74, 6) is -0.0191. The molecule has 2 fully saturated rings. The molecule has 3 rings (SSSR count). The molecule has 3 unspecified atom stereocenters. The Balaban J connectivity index is 1.67. The molecule has 148 valence electrons. The van der Waals surface area contributed by atoms with Crippen LogP contribution in [0.2, 0.25) is 0 Å². The number of carbonyl (C=O) groups excluding carboxylic acids is 2. The first-order chi connectivity index (χ1) is 13.0. The van der Waals surface area contributed by atoms with Crippen molar-refractivity contribution in [2.75, 3.05) is 25.0 Å². The van der Waals surface area contributed by atoms with Crippen LogP contribution in [-0.4, -0.2) is 64.5 Å². The molecule has 3 atom stereocenters. The zero-order valence-electron chi connectivity index (χ0n) is 16.4. The first-order valence-electron chi connectivity index (χ1n) is 10.1. The van der Waals surface area contributed by atoms with Gasteiger partial charge < -0.3 is 20.2 Å². The molecule has 0 aliphatic carbocycles. The Hall–Kier alpha value is -2.08. The van der Waals surface area contributed by atoms with Gasteiger partial charge in [0.1, 0.15) is 0 Å². The Morgan fingerprint density at radius 1 is 1.11 bits per heavy atom. The summed E-state index contributed by atoms with van der Waals surface area (Å²) in [6, 6.07) is 7.83. The topological polar surface area (TPSA) is 72.9 Å². The smallest absolute Gasteiger partial charge is 0.256 e. The Morgan fingerprint density at radius 3 is 2.52 bits per heavy atom. The molecule has 2 amide bonds. The van der Waals surface area contributed by atoms with Crippen molar-refractivity contribution in [1.82, 2.24) is 9.80 Å². The van der Waals surface area contributed by atoms with E-state index < -0.39 is 6.10 Å². The Labute approximate surface area is 161 Å². The second-order valence-corrected chi connectivity index (χ2v) is 7.88. The molecule has 0 spiro atoms. The Morgan fingerprint density at radius 2 is 1.81 bits per heavy atom. The van der Waals surface area contributed by atoms with Gasteiger partial charge >= 0.3 is 0 Å². The molecule has 2 saturated heterocycles. The quantitative estimate of drug-likeness (QED) is 0.850. The number of anilines is 1. The average molecular weight is 373 g/mol. The van der Waals surface area contributed by atoms with E-state index in [1.807, 2.05) is 23.1 Å². The third-order valence-corrected chi connectivity index (χ3v) is 5.75. The summed E-state index contributed by atoms with van der Waals surface area (Å²) < 4.78 is 0. The van der Waals surface area contributed by atoms with Crippen LogP contribution < -0.4 is 5.32 Å². The van der Waals surface area contributed by atoms with E-state index in [9.17, 15) is 14.7 Å². The highest BCUT2D eigenvalue weighted by Gasteiger charge is 2.29. The number of amides is 2. The van der Waals surface area contributed by atoms with E-state index in [1.54, 1.807) is 11.0 Å². The SMILES string of the molecule is CC1CCCC(C)N1C(=O)CNc1ccccc1C(=O)N1CCCC(O)C1. The van der Waals surface area contributed by atoms with Crippen LogP contribution in [-0.2, 0) is 4.79 Å². The van der Waals surface area contributed by atoms with Crippen LogP contribution in [0.25, 0.3) is 0 Å². The number of hydrogen-bond acceptors (Lipinski definition) is 4. The van der Waals surface area contributed by atoms with Gasteiger partial charge in [-0.05, 0) is 58.1 Å². The van der Waals surface area contributed by atoms with Crippen LogP contribution >= 0.6 is 0 Å². The van der Waals surface area contributed by atoms with Crippen molar-refractivity contribution in [3.05, 3.63) is 29.8 Å². The molecule has 0 bridgehead atoms. The van der Waals surface area contributed by atoms with Crippen LogP contribution in [0.3, 0.4) is 0 Å². The van der Waals surface area contributed by atoms with Crippen LogP contribution in [0.1, 0.15) is 56.3 Å². The highest BCUT2D eigenvalue weighted by Crippen LogP contribution is 2.24. The van der Waals surface area contributed by atoms with Crippen molar-refractivity contribution in [3.63, 3.8) is 0 Å². The number of nitrogens with one attached hydrogen (secondary N) is 1. The van der Waals surface area contributed by atoms with E-state index >= 15 is 0 Å². The highest BCUT2D eigenvalue weighted by atomic mass is 16.3. The number of aliphatic hydroxyl groups is 1. The van der Waals surface area contributed by atoms with Crippen molar-refractivity contribution in [2.24, 2.45) is 0 Å². The van der Waals surface area contributed by atoms with Gasteiger partial charge in [0.2, 0.25) is 5.91 Å². The third-order valence-electron chi connectivity index (χ3n) is 5.75. The van der Waals surface area contributed by atoms with E-state index in [0.29, 0.717) is 24.3 Å². The number of para-hydroxylation sites is 1. The van der Waals surface area contributed by atoms with Gasteiger partial charge in [-0.2, -0.15) is 0 Å². The zero-order chi connectivity index (χ0) is 19.4. The van der Waals surface area contributed by atoms with Crippen LogP contribution in [0.15, 0.2) is 24.3 Å². The second kappa shape index (κ2) is 8.74. The number of aliphatic hydroxyl groups excluding tert-OH is 1. The molecule has 2 heterocycles. The minimum Gasteiger partial charge on any atom is -0.391 e. The third kappa shape index (κ3) is 4.61. The van der Waals surface area contributed by atoms with Crippen molar-refractivity contribution in [1.29, 1.82) is 0 Å². The number of rotatable bonds is 4.